The minimum atomic E-state index is -0.283. The number of rotatable bonds is 3. The van der Waals surface area contributed by atoms with Crippen LogP contribution in [0.2, 0.25) is 0 Å². The maximum atomic E-state index is 12.3. The van der Waals surface area contributed by atoms with E-state index < -0.39 is 0 Å². The van der Waals surface area contributed by atoms with Crippen LogP contribution in [0.3, 0.4) is 0 Å². The second-order valence-electron chi connectivity index (χ2n) is 4.69. The maximum absolute atomic E-state index is 12.3. The summed E-state index contributed by atoms with van der Waals surface area (Å²) in [5.74, 6) is 0.496. The Bertz CT molecular complexity index is 781. The number of carbonyl (C=O) groups excluding carboxylic acids is 1. The first-order chi connectivity index (χ1) is 10.1. The SMILES string of the molecule is CN(C)c1cc(C(=O)Nc2cccnc2)nc2ccnn12. The highest BCUT2D eigenvalue weighted by Crippen LogP contribution is 2.16. The molecular formula is C14H14N6O. The number of nitrogens with one attached hydrogen (secondary N) is 1. The van der Waals surface area contributed by atoms with E-state index >= 15 is 0 Å². The van der Waals surface area contributed by atoms with Crippen molar-refractivity contribution in [3.05, 3.63) is 48.5 Å². The van der Waals surface area contributed by atoms with E-state index in [0.29, 0.717) is 17.0 Å². The number of aromatic nitrogens is 4. The zero-order chi connectivity index (χ0) is 14.8. The van der Waals surface area contributed by atoms with Gasteiger partial charge in [-0.05, 0) is 12.1 Å². The zero-order valence-electron chi connectivity index (χ0n) is 11.7. The summed E-state index contributed by atoms with van der Waals surface area (Å²) in [4.78, 5) is 22.5. The molecule has 3 aromatic heterocycles. The Hall–Kier alpha value is -2.96. The Morgan fingerprint density at radius 1 is 1.29 bits per heavy atom. The highest BCUT2D eigenvalue weighted by Gasteiger charge is 2.14. The van der Waals surface area contributed by atoms with Crippen LogP contribution in [0, 0.1) is 0 Å². The Balaban J connectivity index is 1.98. The van der Waals surface area contributed by atoms with Crippen molar-refractivity contribution in [1.82, 2.24) is 19.6 Å². The van der Waals surface area contributed by atoms with Crippen LogP contribution in [0.15, 0.2) is 42.9 Å². The van der Waals surface area contributed by atoms with Gasteiger partial charge in [0.1, 0.15) is 11.5 Å². The largest absolute Gasteiger partial charge is 0.363 e. The molecular weight excluding hydrogens is 268 g/mol. The molecule has 0 saturated heterocycles. The molecule has 3 heterocycles. The van der Waals surface area contributed by atoms with E-state index in [1.54, 1.807) is 47.4 Å². The van der Waals surface area contributed by atoms with Gasteiger partial charge in [-0.2, -0.15) is 9.61 Å². The lowest BCUT2D eigenvalue weighted by molar-refractivity contribution is 0.102. The van der Waals surface area contributed by atoms with E-state index in [2.05, 4.69) is 20.4 Å². The summed E-state index contributed by atoms with van der Waals surface area (Å²) in [6, 6.07) is 6.99. The zero-order valence-corrected chi connectivity index (χ0v) is 11.7. The average Bonchev–Trinajstić information content (AvgIpc) is 2.95. The molecule has 0 unspecified atom stereocenters. The molecule has 0 aromatic carbocycles. The van der Waals surface area contributed by atoms with Gasteiger partial charge in [-0.3, -0.25) is 9.78 Å². The molecule has 0 radical (unpaired) electrons. The molecule has 0 bridgehead atoms. The quantitative estimate of drug-likeness (QED) is 0.786. The molecule has 7 nitrogen and oxygen atoms in total. The summed E-state index contributed by atoms with van der Waals surface area (Å²) in [5, 5.41) is 6.96. The standard InChI is InChI=1S/C14H14N6O/c1-19(2)13-8-11(18-12-5-7-16-20(12)13)14(21)17-10-4-3-6-15-9-10/h3-9H,1-2H3,(H,17,21). The van der Waals surface area contributed by atoms with Crippen molar-refractivity contribution in [3.63, 3.8) is 0 Å². The molecule has 1 N–H and O–H groups in total. The normalized spacial score (nSPS) is 10.6. The molecule has 3 aromatic rings. The van der Waals surface area contributed by atoms with E-state index in [1.165, 1.54) is 0 Å². The number of nitrogens with zero attached hydrogens (tertiary/aromatic N) is 5. The van der Waals surface area contributed by atoms with Crippen LogP contribution < -0.4 is 10.2 Å². The summed E-state index contributed by atoms with van der Waals surface area (Å²) in [6.45, 7) is 0. The van der Waals surface area contributed by atoms with Gasteiger partial charge < -0.3 is 10.2 Å². The molecule has 7 heteroatoms. The van der Waals surface area contributed by atoms with Gasteiger partial charge in [0.25, 0.3) is 5.91 Å². The number of carbonyl (C=O) groups is 1. The fraction of sp³-hybridized carbons (Fsp3) is 0.143. The van der Waals surface area contributed by atoms with E-state index in [0.717, 1.165) is 5.82 Å². The predicted octanol–water partition coefficient (Wildman–Crippen LogP) is 1.44. The molecule has 0 aliphatic carbocycles. The lowest BCUT2D eigenvalue weighted by Crippen LogP contribution is -2.19. The molecule has 0 spiro atoms. The van der Waals surface area contributed by atoms with Crippen molar-refractivity contribution in [2.24, 2.45) is 0 Å². The second kappa shape index (κ2) is 5.20. The molecule has 0 fully saturated rings. The van der Waals surface area contributed by atoms with Gasteiger partial charge in [-0.1, -0.05) is 0 Å². The van der Waals surface area contributed by atoms with E-state index in [-0.39, 0.29) is 5.91 Å². The summed E-state index contributed by atoms with van der Waals surface area (Å²) < 4.78 is 1.68. The molecule has 0 atom stereocenters. The van der Waals surface area contributed by atoms with E-state index in [9.17, 15) is 4.79 Å². The third-order valence-corrected chi connectivity index (χ3v) is 2.95. The Morgan fingerprint density at radius 3 is 2.86 bits per heavy atom. The first-order valence-electron chi connectivity index (χ1n) is 6.38. The van der Waals surface area contributed by atoms with Crippen molar-refractivity contribution >= 4 is 23.1 Å². The first-order valence-corrected chi connectivity index (χ1v) is 6.38. The Labute approximate surface area is 121 Å². The first kappa shape index (κ1) is 13.0. The number of fused-ring (bicyclic) bond motifs is 1. The number of hydrogen-bond donors (Lipinski definition) is 1. The number of anilines is 2. The second-order valence-corrected chi connectivity index (χ2v) is 4.69. The Kier molecular flexibility index (Phi) is 3.23. The van der Waals surface area contributed by atoms with Crippen LogP contribution in [0.25, 0.3) is 5.65 Å². The van der Waals surface area contributed by atoms with Gasteiger partial charge in [0, 0.05) is 32.4 Å². The molecule has 0 saturated carbocycles. The minimum Gasteiger partial charge on any atom is -0.363 e. The van der Waals surface area contributed by atoms with Crippen LogP contribution in [-0.4, -0.2) is 39.6 Å². The van der Waals surface area contributed by atoms with Crippen LogP contribution in [0.5, 0.6) is 0 Å². The topological polar surface area (TPSA) is 75.4 Å². The Morgan fingerprint density at radius 2 is 2.14 bits per heavy atom. The van der Waals surface area contributed by atoms with Gasteiger partial charge >= 0.3 is 0 Å². The van der Waals surface area contributed by atoms with Gasteiger partial charge in [-0.25, -0.2) is 4.98 Å². The number of pyridine rings is 1. The van der Waals surface area contributed by atoms with Gasteiger partial charge in [0.15, 0.2) is 5.65 Å². The summed E-state index contributed by atoms with van der Waals surface area (Å²) in [6.07, 6.45) is 4.89. The fourth-order valence-corrected chi connectivity index (χ4v) is 1.96. The summed E-state index contributed by atoms with van der Waals surface area (Å²) in [5.41, 5.74) is 1.58. The maximum Gasteiger partial charge on any atom is 0.274 e. The third-order valence-electron chi connectivity index (χ3n) is 2.95. The van der Waals surface area contributed by atoms with Gasteiger partial charge in [-0.15, -0.1) is 0 Å². The van der Waals surface area contributed by atoms with Crippen molar-refractivity contribution < 1.29 is 4.79 Å². The van der Waals surface area contributed by atoms with E-state index in [1.807, 2.05) is 19.0 Å². The summed E-state index contributed by atoms with van der Waals surface area (Å²) >= 11 is 0. The molecule has 3 rings (SSSR count). The van der Waals surface area contributed by atoms with Crippen LogP contribution in [-0.2, 0) is 0 Å². The van der Waals surface area contributed by atoms with Crippen LogP contribution in [0.4, 0.5) is 11.5 Å². The minimum absolute atomic E-state index is 0.283. The molecule has 106 valence electrons. The monoisotopic (exact) mass is 282 g/mol. The average molecular weight is 282 g/mol. The van der Waals surface area contributed by atoms with Crippen molar-refractivity contribution in [2.45, 2.75) is 0 Å². The van der Waals surface area contributed by atoms with E-state index in [4.69, 9.17) is 0 Å². The van der Waals surface area contributed by atoms with Crippen molar-refractivity contribution in [2.75, 3.05) is 24.3 Å². The fourth-order valence-electron chi connectivity index (χ4n) is 1.96. The third kappa shape index (κ3) is 2.53. The smallest absolute Gasteiger partial charge is 0.274 e. The molecule has 21 heavy (non-hydrogen) atoms. The lowest BCUT2D eigenvalue weighted by atomic mass is 10.3. The molecule has 0 aliphatic heterocycles. The lowest BCUT2D eigenvalue weighted by Gasteiger charge is -2.15. The van der Waals surface area contributed by atoms with Crippen LogP contribution >= 0.6 is 0 Å². The predicted molar refractivity (Wildman–Crippen MR) is 79.5 cm³/mol. The highest BCUT2D eigenvalue weighted by molar-refractivity contribution is 6.03. The number of amides is 1. The summed E-state index contributed by atoms with van der Waals surface area (Å²) in [7, 11) is 3.78. The molecule has 0 aliphatic rings. The number of hydrogen-bond acceptors (Lipinski definition) is 5. The highest BCUT2D eigenvalue weighted by atomic mass is 16.1. The van der Waals surface area contributed by atoms with Gasteiger partial charge in [0.2, 0.25) is 0 Å². The van der Waals surface area contributed by atoms with Crippen molar-refractivity contribution in [3.8, 4) is 0 Å². The van der Waals surface area contributed by atoms with Crippen molar-refractivity contribution in [1.29, 1.82) is 0 Å². The molecule has 1 amide bonds. The van der Waals surface area contributed by atoms with Gasteiger partial charge in [0.05, 0.1) is 18.1 Å². The van der Waals surface area contributed by atoms with Crippen LogP contribution in [0.1, 0.15) is 10.5 Å².